The highest BCUT2D eigenvalue weighted by atomic mass is 19.1. The number of urea groups is 1. The predicted molar refractivity (Wildman–Crippen MR) is 80.8 cm³/mol. The summed E-state index contributed by atoms with van der Waals surface area (Å²) in [4.78, 5) is 27.6. The van der Waals surface area contributed by atoms with Crippen molar-refractivity contribution in [3.8, 4) is 0 Å². The van der Waals surface area contributed by atoms with Crippen molar-refractivity contribution >= 4 is 17.7 Å². The van der Waals surface area contributed by atoms with Gasteiger partial charge in [0.1, 0.15) is 11.6 Å². The molecule has 0 fully saturated rings. The highest BCUT2D eigenvalue weighted by molar-refractivity contribution is 5.92. The van der Waals surface area contributed by atoms with Crippen molar-refractivity contribution in [2.75, 3.05) is 5.32 Å². The molecule has 1 aromatic rings. The third-order valence-electron chi connectivity index (χ3n) is 2.63. The van der Waals surface area contributed by atoms with Gasteiger partial charge < -0.3 is 15.4 Å². The van der Waals surface area contributed by atoms with Crippen LogP contribution >= 0.6 is 0 Å². The zero-order valence-electron chi connectivity index (χ0n) is 13.4. The average Bonchev–Trinajstić information content (AvgIpc) is 2.36. The molecule has 1 rings (SSSR count). The Kier molecular flexibility index (Phi) is 5.84. The normalized spacial score (nSPS) is 12.7. The summed E-state index contributed by atoms with van der Waals surface area (Å²) in [7, 11) is 0. The molecule has 0 aliphatic carbocycles. The van der Waals surface area contributed by atoms with Crippen LogP contribution < -0.4 is 10.6 Å². The van der Waals surface area contributed by atoms with Crippen LogP contribution in [0, 0.1) is 11.7 Å². The van der Waals surface area contributed by atoms with Gasteiger partial charge in [0.2, 0.25) is 0 Å². The summed E-state index contributed by atoms with van der Waals surface area (Å²) in [6.45, 7) is 8.79. The number of anilines is 1. The lowest BCUT2D eigenvalue weighted by Gasteiger charge is -2.26. The number of hydrogen-bond donors (Lipinski definition) is 2. The summed E-state index contributed by atoms with van der Waals surface area (Å²) < 4.78 is 18.7. The molecule has 22 heavy (non-hydrogen) atoms. The highest BCUT2D eigenvalue weighted by Gasteiger charge is 2.29. The Hall–Kier alpha value is -2.18. The number of aromatic nitrogens is 1. The van der Waals surface area contributed by atoms with Crippen LogP contribution in [-0.4, -0.2) is 28.6 Å². The van der Waals surface area contributed by atoms with Crippen molar-refractivity contribution in [2.45, 2.75) is 46.3 Å². The Morgan fingerprint density at radius 2 is 1.95 bits per heavy atom. The van der Waals surface area contributed by atoms with Crippen molar-refractivity contribution in [1.82, 2.24) is 10.3 Å². The number of pyridine rings is 1. The lowest BCUT2D eigenvalue weighted by atomic mass is 10.0. The fourth-order valence-electron chi connectivity index (χ4n) is 1.64. The Morgan fingerprint density at radius 1 is 1.32 bits per heavy atom. The molecular formula is C15H22FN3O3. The fraction of sp³-hybridized carbons (Fsp3) is 0.533. The number of carbonyl (C=O) groups excluding carboxylic acids is 2. The predicted octanol–water partition coefficient (Wildman–Crippen LogP) is 2.71. The first-order chi connectivity index (χ1) is 10.1. The fourth-order valence-corrected chi connectivity index (χ4v) is 1.64. The third-order valence-corrected chi connectivity index (χ3v) is 2.63. The topological polar surface area (TPSA) is 80.3 Å². The molecule has 0 saturated heterocycles. The minimum absolute atomic E-state index is 0.0146. The number of nitrogens with one attached hydrogen (secondary N) is 2. The van der Waals surface area contributed by atoms with Crippen LogP contribution in [0.2, 0.25) is 0 Å². The van der Waals surface area contributed by atoms with Crippen LogP contribution in [0.3, 0.4) is 0 Å². The molecule has 2 amide bonds. The van der Waals surface area contributed by atoms with Gasteiger partial charge in [0.15, 0.2) is 5.82 Å². The zero-order valence-corrected chi connectivity index (χ0v) is 13.4. The molecule has 0 bridgehead atoms. The maximum absolute atomic E-state index is 13.4. The molecule has 2 N–H and O–H groups in total. The van der Waals surface area contributed by atoms with E-state index in [1.54, 1.807) is 34.6 Å². The van der Waals surface area contributed by atoms with Crippen molar-refractivity contribution in [3.05, 3.63) is 24.3 Å². The zero-order chi connectivity index (χ0) is 16.9. The van der Waals surface area contributed by atoms with Gasteiger partial charge in [-0.3, -0.25) is 4.98 Å². The molecule has 0 saturated carbocycles. The van der Waals surface area contributed by atoms with Gasteiger partial charge in [0.05, 0.1) is 11.9 Å². The number of ether oxygens (including phenoxy) is 1. The molecule has 122 valence electrons. The molecule has 0 aliphatic rings. The van der Waals surface area contributed by atoms with E-state index in [1.807, 2.05) is 0 Å². The summed E-state index contributed by atoms with van der Waals surface area (Å²) in [6.07, 6.45) is 2.34. The van der Waals surface area contributed by atoms with Crippen molar-refractivity contribution in [1.29, 1.82) is 0 Å². The smallest absolute Gasteiger partial charge is 0.329 e. The first kappa shape index (κ1) is 17.9. The van der Waals surface area contributed by atoms with E-state index in [1.165, 1.54) is 12.3 Å². The van der Waals surface area contributed by atoms with Gasteiger partial charge in [0.25, 0.3) is 0 Å². The molecule has 1 heterocycles. The number of amides is 2. The number of hydrogen-bond acceptors (Lipinski definition) is 4. The summed E-state index contributed by atoms with van der Waals surface area (Å²) in [5.41, 5.74) is -0.668. The van der Waals surface area contributed by atoms with E-state index in [-0.39, 0.29) is 11.6 Å². The second-order valence-electron chi connectivity index (χ2n) is 6.21. The van der Waals surface area contributed by atoms with E-state index in [0.717, 1.165) is 6.20 Å². The summed E-state index contributed by atoms with van der Waals surface area (Å²) in [5.74, 6) is -1.37. The van der Waals surface area contributed by atoms with Crippen molar-refractivity contribution in [2.24, 2.45) is 5.92 Å². The van der Waals surface area contributed by atoms with E-state index in [0.29, 0.717) is 0 Å². The van der Waals surface area contributed by atoms with Crippen LogP contribution in [-0.2, 0) is 9.53 Å². The number of nitrogens with zero attached hydrogens (tertiary/aromatic N) is 1. The Bertz CT molecular complexity index is 541. The maximum atomic E-state index is 13.4. The van der Waals surface area contributed by atoms with Crippen LogP contribution in [0.1, 0.15) is 34.6 Å². The molecular weight excluding hydrogens is 289 g/mol. The Balaban J connectivity index is 2.73. The van der Waals surface area contributed by atoms with E-state index in [4.69, 9.17) is 4.74 Å². The number of rotatable bonds is 4. The van der Waals surface area contributed by atoms with Gasteiger partial charge >= 0.3 is 12.0 Å². The van der Waals surface area contributed by atoms with Crippen LogP contribution in [0.25, 0.3) is 0 Å². The molecule has 0 unspecified atom stereocenters. The van der Waals surface area contributed by atoms with Gasteiger partial charge in [-0.1, -0.05) is 13.8 Å². The van der Waals surface area contributed by atoms with Gasteiger partial charge in [-0.05, 0) is 32.8 Å². The Morgan fingerprint density at radius 3 is 2.45 bits per heavy atom. The molecule has 1 aromatic heterocycles. The SMILES string of the molecule is CC(C)[C@@H](NC(=O)Nc1ccncc1F)C(=O)OC(C)(C)C. The largest absolute Gasteiger partial charge is 0.458 e. The monoisotopic (exact) mass is 311 g/mol. The molecule has 0 radical (unpaired) electrons. The number of carbonyl (C=O) groups is 2. The molecule has 6 nitrogen and oxygen atoms in total. The summed E-state index contributed by atoms with van der Waals surface area (Å²) in [5, 5.41) is 4.84. The van der Waals surface area contributed by atoms with Gasteiger partial charge in [0, 0.05) is 6.20 Å². The van der Waals surface area contributed by atoms with E-state index >= 15 is 0 Å². The standard InChI is InChI=1S/C15H22FN3O3/c1-9(2)12(13(20)22-15(3,4)5)19-14(21)18-11-6-7-17-8-10(11)16/h6-9,12H,1-5H3,(H2,17,18,19,21)/t12-/m1/s1. The van der Waals surface area contributed by atoms with E-state index in [2.05, 4.69) is 15.6 Å². The van der Waals surface area contributed by atoms with Crippen molar-refractivity contribution in [3.63, 3.8) is 0 Å². The molecule has 1 atom stereocenters. The minimum Gasteiger partial charge on any atom is -0.458 e. The first-order valence-electron chi connectivity index (χ1n) is 7.00. The number of esters is 1. The quantitative estimate of drug-likeness (QED) is 0.838. The average molecular weight is 311 g/mol. The van der Waals surface area contributed by atoms with Gasteiger partial charge in [-0.25, -0.2) is 14.0 Å². The van der Waals surface area contributed by atoms with E-state index < -0.39 is 29.5 Å². The lowest BCUT2D eigenvalue weighted by Crippen LogP contribution is -2.48. The summed E-state index contributed by atoms with van der Waals surface area (Å²) >= 11 is 0. The third kappa shape index (κ3) is 5.67. The van der Waals surface area contributed by atoms with Crippen LogP contribution in [0.15, 0.2) is 18.5 Å². The molecule has 7 heteroatoms. The van der Waals surface area contributed by atoms with Gasteiger partial charge in [-0.15, -0.1) is 0 Å². The Labute approximate surface area is 129 Å². The second-order valence-corrected chi connectivity index (χ2v) is 6.21. The number of halogens is 1. The first-order valence-corrected chi connectivity index (χ1v) is 7.00. The van der Waals surface area contributed by atoms with Crippen molar-refractivity contribution < 1.29 is 18.7 Å². The minimum atomic E-state index is -0.830. The summed E-state index contributed by atoms with van der Waals surface area (Å²) in [6, 6.07) is -0.189. The highest BCUT2D eigenvalue weighted by Crippen LogP contribution is 2.14. The molecule has 0 spiro atoms. The molecule has 0 aliphatic heterocycles. The van der Waals surface area contributed by atoms with E-state index in [9.17, 15) is 14.0 Å². The van der Waals surface area contributed by atoms with Crippen LogP contribution in [0.4, 0.5) is 14.9 Å². The van der Waals surface area contributed by atoms with Crippen LogP contribution in [0.5, 0.6) is 0 Å². The second kappa shape index (κ2) is 7.20. The maximum Gasteiger partial charge on any atom is 0.329 e. The van der Waals surface area contributed by atoms with Gasteiger partial charge in [-0.2, -0.15) is 0 Å². The molecule has 0 aromatic carbocycles. The lowest BCUT2D eigenvalue weighted by molar-refractivity contribution is -0.158.